The number of carboxylic acid groups (broad SMARTS) is 1. The molecule has 1 atom stereocenters. The van der Waals surface area contributed by atoms with E-state index in [-0.39, 0.29) is 18.7 Å². The summed E-state index contributed by atoms with van der Waals surface area (Å²) in [4.78, 5) is 24.9. The number of carbonyl (C=O) groups excluding carboxylic acids is 1. The molecule has 0 saturated heterocycles. The smallest absolute Gasteiger partial charge is 0.326 e. The van der Waals surface area contributed by atoms with Gasteiger partial charge in [0, 0.05) is 12.8 Å². The van der Waals surface area contributed by atoms with Gasteiger partial charge in [-0.25, -0.2) is 4.79 Å². The van der Waals surface area contributed by atoms with Crippen LogP contribution in [0.1, 0.15) is 29.5 Å². The maximum atomic E-state index is 13.3. The van der Waals surface area contributed by atoms with Crippen molar-refractivity contribution in [1.29, 1.82) is 0 Å². The molecule has 0 aromatic heterocycles. The normalized spacial score (nSPS) is 12.0. The molecule has 158 valence electrons. The summed E-state index contributed by atoms with van der Waals surface area (Å²) in [5, 5.41) is 12.2. The van der Waals surface area contributed by atoms with Crippen molar-refractivity contribution in [3.8, 4) is 0 Å². The molecule has 0 aliphatic carbocycles. The monoisotopic (exact) mass is 477 g/mol. The lowest BCUT2D eigenvalue weighted by Gasteiger charge is -2.36. The molecule has 0 aliphatic heterocycles. The molecule has 3 rings (SSSR count). The van der Waals surface area contributed by atoms with Crippen LogP contribution in [0.3, 0.4) is 0 Å². The summed E-state index contributed by atoms with van der Waals surface area (Å²) in [5.74, 6) is -1.45. The van der Waals surface area contributed by atoms with Crippen molar-refractivity contribution < 1.29 is 14.7 Å². The molecule has 3 aromatic rings. The number of benzene rings is 3. The first-order valence-electron chi connectivity index (χ1n) is 9.95. The zero-order valence-electron chi connectivity index (χ0n) is 17.0. The average molecular weight is 478 g/mol. The molecular weight excluding hydrogens is 454 g/mol. The van der Waals surface area contributed by atoms with Crippen molar-refractivity contribution >= 4 is 27.8 Å². The van der Waals surface area contributed by atoms with Gasteiger partial charge in [-0.15, -0.1) is 0 Å². The molecule has 0 fully saturated rings. The molecule has 0 spiro atoms. The van der Waals surface area contributed by atoms with Crippen LogP contribution in [0.15, 0.2) is 102 Å². The van der Waals surface area contributed by atoms with E-state index in [4.69, 9.17) is 0 Å². The number of aliphatic carboxylic acids is 1. The van der Waals surface area contributed by atoms with Gasteiger partial charge in [-0.2, -0.15) is 0 Å². The van der Waals surface area contributed by atoms with Crippen LogP contribution in [0.25, 0.3) is 0 Å². The van der Waals surface area contributed by atoms with Crippen molar-refractivity contribution in [3.63, 3.8) is 0 Å². The highest BCUT2D eigenvalue weighted by atomic mass is 79.9. The summed E-state index contributed by atoms with van der Waals surface area (Å²) in [7, 11) is 0. The molecule has 4 nitrogen and oxygen atoms in total. The van der Waals surface area contributed by atoms with Crippen molar-refractivity contribution in [1.82, 2.24) is 5.32 Å². The maximum absolute atomic E-state index is 13.3. The molecule has 0 bridgehead atoms. The van der Waals surface area contributed by atoms with Gasteiger partial charge in [-0.3, -0.25) is 4.79 Å². The summed E-state index contributed by atoms with van der Waals surface area (Å²) in [5.41, 5.74) is 2.10. The van der Waals surface area contributed by atoms with Crippen LogP contribution < -0.4 is 5.32 Å². The van der Waals surface area contributed by atoms with E-state index < -0.39 is 17.4 Å². The minimum absolute atomic E-state index is 0.0591. The number of nitrogens with one attached hydrogen (secondary N) is 1. The lowest BCUT2D eigenvalue weighted by molar-refractivity contribution is -0.141. The second-order valence-electron chi connectivity index (χ2n) is 7.36. The number of amides is 1. The Morgan fingerprint density at radius 2 is 1.23 bits per heavy atom. The van der Waals surface area contributed by atoms with Crippen molar-refractivity contribution in [2.45, 2.75) is 24.3 Å². The first-order valence-corrected chi connectivity index (χ1v) is 10.7. The second kappa shape index (κ2) is 10.2. The zero-order valence-corrected chi connectivity index (χ0v) is 18.6. The quantitative estimate of drug-likeness (QED) is 0.412. The maximum Gasteiger partial charge on any atom is 0.326 e. The molecule has 3 aromatic carbocycles. The van der Waals surface area contributed by atoms with Crippen molar-refractivity contribution in [3.05, 3.63) is 119 Å². The standard InChI is InChI=1S/C26H24BrNO3/c1-19(27)17-23(25(30)31)28-24(29)18-26(20-11-5-2-6-12-20,21-13-7-3-8-14-21)22-15-9-4-10-16-22/h2-16,23H,1,17-18H2,(H,28,29)(H,30,31)/t23-/m0/s1. The Labute approximate surface area is 190 Å². The van der Waals surface area contributed by atoms with Crippen LogP contribution in [0, 0.1) is 0 Å². The molecular formula is C26H24BrNO3. The summed E-state index contributed by atoms with van der Waals surface area (Å²) >= 11 is 3.20. The third kappa shape index (κ3) is 5.30. The molecule has 0 aliphatic rings. The fourth-order valence-electron chi connectivity index (χ4n) is 3.88. The molecule has 0 heterocycles. The predicted molar refractivity (Wildman–Crippen MR) is 126 cm³/mol. The SMILES string of the molecule is C=C(Br)C[C@H](NC(=O)CC(c1ccccc1)(c1ccccc1)c1ccccc1)C(=O)O. The summed E-state index contributed by atoms with van der Waals surface area (Å²) in [6.07, 6.45) is 0.166. The van der Waals surface area contributed by atoms with Crippen molar-refractivity contribution in [2.24, 2.45) is 0 Å². The third-order valence-corrected chi connectivity index (χ3v) is 5.61. The predicted octanol–water partition coefficient (Wildman–Crippen LogP) is 5.28. The highest BCUT2D eigenvalue weighted by molar-refractivity contribution is 9.11. The van der Waals surface area contributed by atoms with Crippen molar-refractivity contribution in [2.75, 3.05) is 0 Å². The first-order chi connectivity index (χ1) is 14.9. The van der Waals surface area contributed by atoms with Gasteiger partial charge in [-0.1, -0.05) is 114 Å². The Bertz CT molecular complexity index is 939. The van der Waals surface area contributed by atoms with E-state index >= 15 is 0 Å². The minimum Gasteiger partial charge on any atom is -0.480 e. The van der Waals surface area contributed by atoms with Crippen LogP contribution in [0.4, 0.5) is 0 Å². The van der Waals surface area contributed by atoms with E-state index in [1.54, 1.807) is 0 Å². The van der Waals surface area contributed by atoms with E-state index in [1.165, 1.54) is 0 Å². The van der Waals surface area contributed by atoms with Gasteiger partial charge in [0.2, 0.25) is 5.91 Å². The number of hydrogen-bond acceptors (Lipinski definition) is 2. The van der Waals surface area contributed by atoms with E-state index in [0.29, 0.717) is 4.48 Å². The Morgan fingerprint density at radius 1 is 0.839 bits per heavy atom. The molecule has 2 N–H and O–H groups in total. The van der Waals surface area contributed by atoms with E-state index in [0.717, 1.165) is 16.7 Å². The minimum atomic E-state index is -1.10. The molecule has 1 amide bonds. The van der Waals surface area contributed by atoms with Gasteiger partial charge in [0.15, 0.2) is 0 Å². The number of halogens is 1. The topological polar surface area (TPSA) is 66.4 Å². The average Bonchev–Trinajstić information content (AvgIpc) is 2.78. The first kappa shape index (κ1) is 22.5. The summed E-state index contributed by atoms with van der Waals surface area (Å²) < 4.78 is 0.514. The van der Waals surface area contributed by atoms with Gasteiger partial charge in [0.25, 0.3) is 0 Å². The Morgan fingerprint density at radius 3 is 1.55 bits per heavy atom. The summed E-state index contributed by atoms with van der Waals surface area (Å²) in [6.45, 7) is 3.70. The van der Waals surface area contributed by atoms with Crippen LogP contribution in [-0.2, 0) is 15.0 Å². The van der Waals surface area contributed by atoms with Crippen LogP contribution >= 0.6 is 15.9 Å². The van der Waals surface area contributed by atoms with Gasteiger partial charge in [-0.05, 0) is 21.2 Å². The van der Waals surface area contributed by atoms with E-state index in [1.807, 2.05) is 91.0 Å². The fraction of sp³-hybridized carbons (Fsp3) is 0.154. The number of rotatable bonds is 9. The molecule has 31 heavy (non-hydrogen) atoms. The van der Waals surface area contributed by atoms with Crippen LogP contribution in [-0.4, -0.2) is 23.0 Å². The Hall–Kier alpha value is -3.18. The van der Waals surface area contributed by atoms with Gasteiger partial charge < -0.3 is 10.4 Å². The van der Waals surface area contributed by atoms with Gasteiger partial charge in [0.05, 0.1) is 5.41 Å². The number of carbonyl (C=O) groups is 2. The molecule has 5 heteroatoms. The lowest BCUT2D eigenvalue weighted by atomic mass is 9.67. The van der Waals surface area contributed by atoms with E-state index in [2.05, 4.69) is 27.8 Å². The molecule has 0 radical (unpaired) electrons. The largest absolute Gasteiger partial charge is 0.480 e. The van der Waals surface area contributed by atoms with Crippen LogP contribution in [0.2, 0.25) is 0 Å². The third-order valence-electron chi connectivity index (χ3n) is 5.28. The Kier molecular flexibility index (Phi) is 7.42. The molecule has 0 unspecified atom stereocenters. The second-order valence-corrected chi connectivity index (χ2v) is 8.48. The van der Waals surface area contributed by atoms with Crippen LogP contribution in [0.5, 0.6) is 0 Å². The number of carboxylic acids is 1. The van der Waals surface area contributed by atoms with Gasteiger partial charge in [0.1, 0.15) is 6.04 Å². The van der Waals surface area contributed by atoms with Gasteiger partial charge >= 0.3 is 5.97 Å². The summed E-state index contributed by atoms with van der Waals surface area (Å²) in [6, 6.07) is 28.5. The van der Waals surface area contributed by atoms with E-state index in [9.17, 15) is 14.7 Å². The zero-order chi connectivity index (χ0) is 22.3. The molecule has 0 saturated carbocycles. The highest BCUT2D eigenvalue weighted by Gasteiger charge is 2.39. The lowest BCUT2D eigenvalue weighted by Crippen LogP contribution is -2.44. The fourth-order valence-corrected chi connectivity index (χ4v) is 4.21. The number of hydrogen-bond donors (Lipinski definition) is 2. The highest BCUT2D eigenvalue weighted by Crippen LogP contribution is 2.42. The Balaban J connectivity index is 2.11.